The molecule has 0 saturated heterocycles. The van der Waals surface area contributed by atoms with E-state index < -0.39 is 17.7 Å². The largest absolute Gasteiger partial charge is 0.324 e. The minimum absolute atomic E-state index is 0.398. The molecule has 0 heterocycles. The zero-order chi connectivity index (χ0) is 17.5. The van der Waals surface area contributed by atoms with Crippen molar-refractivity contribution in [3.05, 3.63) is 64.1 Å². The fourth-order valence-electron chi connectivity index (χ4n) is 1.84. The maximum atomic E-state index is 12.1. The van der Waals surface area contributed by atoms with Crippen LogP contribution in [0.3, 0.4) is 0 Å². The predicted octanol–water partition coefficient (Wildman–Crippen LogP) is 3.48. The fraction of sp³-hybridized carbons (Fsp3) is 0.167. The van der Waals surface area contributed by atoms with Gasteiger partial charge in [0.15, 0.2) is 0 Å². The summed E-state index contributed by atoms with van der Waals surface area (Å²) in [6, 6.07) is 14.9. The number of anilines is 1. The summed E-state index contributed by atoms with van der Waals surface area (Å²) >= 11 is 3.34. The predicted molar refractivity (Wildman–Crippen MR) is 98.9 cm³/mol. The summed E-state index contributed by atoms with van der Waals surface area (Å²) in [5, 5.41) is 6.59. The van der Waals surface area contributed by atoms with E-state index in [0.29, 0.717) is 5.69 Å². The van der Waals surface area contributed by atoms with Crippen LogP contribution < -0.4 is 10.7 Å². The van der Waals surface area contributed by atoms with Crippen LogP contribution in [0, 0.1) is 12.8 Å². The monoisotopic (exact) mass is 387 g/mol. The maximum Gasteiger partial charge on any atom is 0.252 e. The van der Waals surface area contributed by atoms with Gasteiger partial charge in [-0.2, -0.15) is 5.10 Å². The summed E-state index contributed by atoms with van der Waals surface area (Å²) in [5.74, 6) is -1.74. The Hall–Kier alpha value is -2.47. The third-order valence-corrected chi connectivity index (χ3v) is 4.08. The highest BCUT2D eigenvalue weighted by molar-refractivity contribution is 9.10. The van der Waals surface area contributed by atoms with E-state index in [-0.39, 0.29) is 0 Å². The molecular weight excluding hydrogens is 370 g/mol. The first-order valence-corrected chi connectivity index (χ1v) is 8.21. The Bertz CT molecular complexity index is 757. The highest BCUT2D eigenvalue weighted by atomic mass is 79.9. The summed E-state index contributed by atoms with van der Waals surface area (Å²) in [6.07, 6.45) is 1.54. The van der Waals surface area contributed by atoms with E-state index in [9.17, 15) is 9.59 Å². The van der Waals surface area contributed by atoms with E-state index in [1.54, 1.807) is 12.1 Å². The smallest absolute Gasteiger partial charge is 0.252 e. The molecule has 0 spiro atoms. The number of hydrazone groups is 1. The number of hydrogen-bond acceptors (Lipinski definition) is 3. The highest BCUT2D eigenvalue weighted by Gasteiger charge is 2.21. The first-order valence-electron chi connectivity index (χ1n) is 7.42. The van der Waals surface area contributed by atoms with Crippen molar-refractivity contribution < 1.29 is 9.59 Å². The second-order valence-electron chi connectivity index (χ2n) is 5.34. The molecule has 5 nitrogen and oxygen atoms in total. The molecule has 2 aromatic carbocycles. The van der Waals surface area contributed by atoms with Gasteiger partial charge in [0.2, 0.25) is 5.91 Å². The van der Waals surface area contributed by atoms with Gasteiger partial charge in [-0.25, -0.2) is 5.43 Å². The number of nitrogens with zero attached hydrogens (tertiary/aromatic N) is 1. The standard InChI is InChI=1S/C18H18BrN3O2/c1-12-7-9-14(10-8-12)11-20-22-18(24)13(2)17(23)21-16-6-4-3-5-15(16)19/h3-11,13H,1-2H3,(H,21,23)(H,22,24). The molecule has 2 aromatic rings. The molecule has 0 radical (unpaired) electrons. The highest BCUT2D eigenvalue weighted by Crippen LogP contribution is 2.21. The molecule has 0 aliphatic rings. The Morgan fingerprint density at radius 2 is 1.75 bits per heavy atom. The van der Waals surface area contributed by atoms with E-state index in [4.69, 9.17) is 0 Å². The number of benzene rings is 2. The third-order valence-electron chi connectivity index (χ3n) is 3.38. The van der Waals surface area contributed by atoms with Crippen molar-refractivity contribution in [3.63, 3.8) is 0 Å². The van der Waals surface area contributed by atoms with Crippen LogP contribution in [0.25, 0.3) is 0 Å². The van der Waals surface area contributed by atoms with Crippen LogP contribution in [0.15, 0.2) is 58.1 Å². The molecule has 2 amide bonds. The lowest BCUT2D eigenvalue weighted by Gasteiger charge is -2.11. The van der Waals surface area contributed by atoms with E-state index in [2.05, 4.69) is 31.8 Å². The summed E-state index contributed by atoms with van der Waals surface area (Å²) in [6.45, 7) is 3.52. The van der Waals surface area contributed by atoms with Crippen LogP contribution in [0.2, 0.25) is 0 Å². The van der Waals surface area contributed by atoms with E-state index in [1.165, 1.54) is 13.1 Å². The number of carbonyl (C=O) groups excluding carboxylic acids is 2. The lowest BCUT2D eigenvalue weighted by atomic mass is 10.1. The number of para-hydroxylation sites is 1. The van der Waals surface area contributed by atoms with Crippen molar-refractivity contribution in [2.75, 3.05) is 5.32 Å². The number of aryl methyl sites for hydroxylation is 1. The normalized spacial score (nSPS) is 12.0. The zero-order valence-corrected chi connectivity index (χ0v) is 15.0. The fourth-order valence-corrected chi connectivity index (χ4v) is 2.23. The molecule has 0 aliphatic carbocycles. The van der Waals surface area contributed by atoms with Crippen LogP contribution in [-0.4, -0.2) is 18.0 Å². The van der Waals surface area contributed by atoms with Gasteiger partial charge in [-0.05, 0) is 47.5 Å². The molecule has 24 heavy (non-hydrogen) atoms. The van der Waals surface area contributed by atoms with Crippen LogP contribution in [-0.2, 0) is 9.59 Å². The number of halogens is 1. The zero-order valence-electron chi connectivity index (χ0n) is 13.4. The van der Waals surface area contributed by atoms with Gasteiger partial charge < -0.3 is 5.32 Å². The second-order valence-corrected chi connectivity index (χ2v) is 6.19. The van der Waals surface area contributed by atoms with Gasteiger partial charge in [-0.1, -0.05) is 42.0 Å². The molecule has 6 heteroatoms. The Kier molecular flexibility index (Phi) is 6.26. The summed E-state index contributed by atoms with van der Waals surface area (Å²) in [5.41, 5.74) is 5.01. The summed E-state index contributed by atoms with van der Waals surface area (Å²) in [7, 11) is 0. The Balaban J connectivity index is 1.90. The van der Waals surface area contributed by atoms with Crippen LogP contribution >= 0.6 is 15.9 Å². The van der Waals surface area contributed by atoms with Gasteiger partial charge in [-0.15, -0.1) is 0 Å². The molecule has 2 N–H and O–H groups in total. The minimum atomic E-state index is -0.868. The van der Waals surface area contributed by atoms with Crippen molar-refractivity contribution in [1.29, 1.82) is 0 Å². The molecule has 1 atom stereocenters. The van der Waals surface area contributed by atoms with Gasteiger partial charge in [0.05, 0.1) is 11.9 Å². The van der Waals surface area contributed by atoms with Gasteiger partial charge in [0, 0.05) is 4.47 Å². The first-order chi connectivity index (χ1) is 11.5. The van der Waals surface area contributed by atoms with Crippen molar-refractivity contribution in [2.45, 2.75) is 13.8 Å². The Morgan fingerprint density at radius 3 is 2.42 bits per heavy atom. The van der Waals surface area contributed by atoms with Gasteiger partial charge in [0.1, 0.15) is 5.92 Å². The molecule has 0 aromatic heterocycles. The molecule has 0 fully saturated rings. The van der Waals surface area contributed by atoms with Crippen molar-refractivity contribution >= 4 is 39.6 Å². The number of amides is 2. The Labute approximate surface area is 149 Å². The van der Waals surface area contributed by atoms with Gasteiger partial charge in [-0.3, -0.25) is 9.59 Å². The first kappa shape index (κ1) is 17.9. The molecule has 0 aliphatic heterocycles. The number of nitrogens with one attached hydrogen (secondary N) is 2. The quantitative estimate of drug-likeness (QED) is 0.468. The minimum Gasteiger partial charge on any atom is -0.324 e. The number of hydrogen-bond donors (Lipinski definition) is 2. The van der Waals surface area contributed by atoms with Crippen LogP contribution in [0.4, 0.5) is 5.69 Å². The number of rotatable bonds is 5. The lowest BCUT2D eigenvalue weighted by molar-refractivity contribution is -0.131. The molecule has 2 rings (SSSR count). The third kappa shape index (κ3) is 5.03. The SMILES string of the molecule is Cc1ccc(C=NNC(=O)C(C)C(=O)Nc2ccccc2Br)cc1. The summed E-state index contributed by atoms with van der Waals surface area (Å²) in [4.78, 5) is 24.1. The van der Waals surface area contributed by atoms with E-state index in [1.807, 2.05) is 43.3 Å². The average Bonchev–Trinajstić information content (AvgIpc) is 2.58. The van der Waals surface area contributed by atoms with E-state index >= 15 is 0 Å². The maximum absolute atomic E-state index is 12.1. The molecule has 0 saturated carbocycles. The molecule has 124 valence electrons. The van der Waals surface area contributed by atoms with Crippen molar-refractivity contribution in [2.24, 2.45) is 11.0 Å². The molecular formula is C18H18BrN3O2. The van der Waals surface area contributed by atoms with Gasteiger partial charge in [0.25, 0.3) is 5.91 Å². The average molecular weight is 388 g/mol. The van der Waals surface area contributed by atoms with E-state index in [0.717, 1.165) is 15.6 Å². The Morgan fingerprint density at radius 1 is 1.08 bits per heavy atom. The van der Waals surface area contributed by atoms with Crippen molar-refractivity contribution in [3.8, 4) is 0 Å². The van der Waals surface area contributed by atoms with Crippen LogP contribution in [0.1, 0.15) is 18.1 Å². The second kappa shape index (κ2) is 8.40. The lowest BCUT2D eigenvalue weighted by Crippen LogP contribution is -2.34. The van der Waals surface area contributed by atoms with Crippen LogP contribution in [0.5, 0.6) is 0 Å². The molecule has 0 bridgehead atoms. The van der Waals surface area contributed by atoms with Crippen molar-refractivity contribution in [1.82, 2.24) is 5.43 Å². The number of carbonyl (C=O) groups is 2. The molecule has 1 unspecified atom stereocenters. The topological polar surface area (TPSA) is 70.6 Å². The summed E-state index contributed by atoms with van der Waals surface area (Å²) < 4.78 is 0.753. The van der Waals surface area contributed by atoms with Gasteiger partial charge >= 0.3 is 0 Å².